The van der Waals surface area contributed by atoms with Crippen molar-refractivity contribution < 1.29 is 27.4 Å². The van der Waals surface area contributed by atoms with E-state index in [-0.39, 0.29) is 18.7 Å². The van der Waals surface area contributed by atoms with Gasteiger partial charge in [0, 0.05) is 26.7 Å². The van der Waals surface area contributed by atoms with Gasteiger partial charge in [0.1, 0.15) is 6.61 Å². The maximum atomic E-state index is 12.9. The van der Waals surface area contributed by atoms with E-state index in [0.29, 0.717) is 44.5 Å². The number of nitrogens with zero attached hydrogens (tertiary/aromatic N) is 2. The molecule has 13 heteroatoms. The van der Waals surface area contributed by atoms with E-state index in [1.165, 1.54) is 29.7 Å². The summed E-state index contributed by atoms with van der Waals surface area (Å²) < 4.78 is 50.4. The van der Waals surface area contributed by atoms with Crippen molar-refractivity contribution in [3.8, 4) is 11.5 Å². The molecule has 1 amide bonds. The molecule has 0 aliphatic rings. The number of amides is 1. The van der Waals surface area contributed by atoms with Crippen LogP contribution in [0.1, 0.15) is 29.3 Å². The molecule has 3 aromatic carbocycles. The first kappa shape index (κ1) is 30.2. The molecular formula is C28H23Cl2F3N4O3S. The van der Waals surface area contributed by atoms with Crippen LogP contribution in [0.25, 0.3) is 0 Å². The summed E-state index contributed by atoms with van der Waals surface area (Å²) in [7, 11) is 0. The molecular weight excluding hydrogens is 600 g/mol. The fraction of sp³-hybridized carbons (Fsp3) is 0.179. The maximum absolute atomic E-state index is 12.9. The summed E-state index contributed by atoms with van der Waals surface area (Å²) in [6.45, 7) is 2.47. The molecule has 0 fully saturated rings. The lowest BCUT2D eigenvalue weighted by atomic mass is 10.2. The average Bonchev–Trinajstić information content (AvgIpc) is 3.35. The number of hydrogen-bond donors (Lipinski definition) is 2. The zero-order valence-electron chi connectivity index (χ0n) is 21.5. The van der Waals surface area contributed by atoms with Crippen LogP contribution in [0.5, 0.6) is 11.5 Å². The van der Waals surface area contributed by atoms with E-state index in [4.69, 9.17) is 32.7 Å². The van der Waals surface area contributed by atoms with Crippen molar-refractivity contribution >= 4 is 57.5 Å². The van der Waals surface area contributed by atoms with E-state index in [1.807, 2.05) is 6.92 Å². The third-order valence-electron chi connectivity index (χ3n) is 5.40. The predicted octanol–water partition coefficient (Wildman–Crippen LogP) is 7.88. The molecule has 0 radical (unpaired) electrons. The molecule has 1 aromatic heterocycles. The van der Waals surface area contributed by atoms with Gasteiger partial charge in [-0.3, -0.25) is 4.79 Å². The quantitative estimate of drug-likeness (QED) is 0.131. The number of rotatable bonds is 11. The van der Waals surface area contributed by atoms with Crippen LogP contribution in [-0.4, -0.2) is 23.7 Å². The second kappa shape index (κ2) is 13.7. The number of halogens is 5. The topological polar surface area (TPSA) is 84.8 Å². The SMILES string of the molecule is CCOc1cc(/C=N\NC(=O)Cc2csc(Nc3cccc(C(F)(F)F)c3)n2)ccc1OCc1ccc(Cl)cc1Cl. The molecule has 0 bridgehead atoms. The van der Waals surface area contributed by atoms with Crippen LogP contribution in [-0.2, 0) is 24.0 Å². The van der Waals surface area contributed by atoms with Crippen LogP contribution in [0, 0.1) is 0 Å². The highest BCUT2D eigenvalue weighted by Gasteiger charge is 2.30. The van der Waals surface area contributed by atoms with Crippen molar-refractivity contribution in [2.45, 2.75) is 26.1 Å². The van der Waals surface area contributed by atoms with E-state index < -0.39 is 17.6 Å². The summed E-state index contributed by atoms with van der Waals surface area (Å²) >= 11 is 13.3. The minimum Gasteiger partial charge on any atom is -0.490 e. The van der Waals surface area contributed by atoms with Gasteiger partial charge in [0.25, 0.3) is 0 Å². The monoisotopic (exact) mass is 622 g/mol. The summed E-state index contributed by atoms with van der Waals surface area (Å²) in [5.74, 6) is 0.593. The molecule has 1 heterocycles. The van der Waals surface area contributed by atoms with Crippen LogP contribution < -0.4 is 20.2 Å². The van der Waals surface area contributed by atoms with Gasteiger partial charge in [-0.1, -0.05) is 35.3 Å². The highest BCUT2D eigenvalue weighted by Crippen LogP contribution is 2.32. The molecule has 4 aromatic rings. The summed E-state index contributed by atoms with van der Waals surface area (Å²) in [5.41, 5.74) is 3.78. The molecule has 0 aliphatic heterocycles. The molecule has 4 rings (SSSR count). The van der Waals surface area contributed by atoms with Crippen molar-refractivity contribution in [2.24, 2.45) is 5.10 Å². The smallest absolute Gasteiger partial charge is 0.416 e. The Balaban J connectivity index is 1.31. The normalized spacial score (nSPS) is 11.5. The highest BCUT2D eigenvalue weighted by molar-refractivity contribution is 7.13. The molecule has 7 nitrogen and oxygen atoms in total. The number of aromatic nitrogens is 1. The third kappa shape index (κ3) is 8.84. The Bertz CT molecular complexity index is 1550. The molecule has 41 heavy (non-hydrogen) atoms. The molecule has 0 atom stereocenters. The van der Waals surface area contributed by atoms with E-state index in [2.05, 4.69) is 20.8 Å². The zero-order chi connectivity index (χ0) is 29.4. The van der Waals surface area contributed by atoms with Gasteiger partial charge in [-0.05, 0) is 61.0 Å². The van der Waals surface area contributed by atoms with Gasteiger partial charge < -0.3 is 14.8 Å². The fourth-order valence-corrected chi connectivity index (χ4v) is 4.71. The summed E-state index contributed by atoms with van der Waals surface area (Å²) in [5, 5.41) is 9.86. The summed E-state index contributed by atoms with van der Waals surface area (Å²) in [6, 6.07) is 15.2. The second-order valence-electron chi connectivity index (χ2n) is 8.48. The number of anilines is 2. The molecule has 214 valence electrons. The molecule has 0 saturated carbocycles. The van der Waals surface area contributed by atoms with Crippen molar-refractivity contribution in [1.29, 1.82) is 0 Å². The average molecular weight is 623 g/mol. The van der Waals surface area contributed by atoms with Gasteiger partial charge in [-0.25, -0.2) is 10.4 Å². The van der Waals surface area contributed by atoms with Crippen molar-refractivity contribution in [3.05, 3.63) is 98.5 Å². The number of ether oxygens (including phenoxy) is 2. The summed E-state index contributed by atoms with van der Waals surface area (Å²) in [4.78, 5) is 16.6. The van der Waals surface area contributed by atoms with Crippen molar-refractivity contribution in [3.63, 3.8) is 0 Å². The van der Waals surface area contributed by atoms with Crippen LogP contribution in [0.15, 0.2) is 71.1 Å². The number of thiazole rings is 1. The second-order valence-corrected chi connectivity index (χ2v) is 10.2. The highest BCUT2D eigenvalue weighted by atomic mass is 35.5. The minimum atomic E-state index is -4.45. The summed E-state index contributed by atoms with van der Waals surface area (Å²) in [6.07, 6.45) is -3.05. The number of hydrogen-bond acceptors (Lipinski definition) is 7. The number of hydrazone groups is 1. The van der Waals surface area contributed by atoms with E-state index in [1.54, 1.807) is 41.8 Å². The van der Waals surface area contributed by atoms with Crippen LogP contribution >= 0.6 is 34.5 Å². The number of carbonyl (C=O) groups is 1. The largest absolute Gasteiger partial charge is 0.490 e. The van der Waals surface area contributed by atoms with Gasteiger partial charge in [0.05, 0.1) is 30.5 Å². The first-order valence-corrected chi connectivity index (χ1v) is 13.8. The number of carbonyl (C=O) groups excluding carboxylic acids is 1. The van der Waals surface area contributed by atoms with Crippen LogP contribution in [0.4, 0.5) is 24.0 Å². The van der Waals surface area contributed by atoms with Gasteiger partial charge in [0.2, 0.25) is 5.91 Å². The Morgan fingerprint density at radius 3 is 2.66 bits per heavy atom. The first-order valence-electron chi connectivity index (χ1n) is 12.1. The Hall–Kier alpha value is -3.80. The fourth-order valence-electron chi connectivity index (χ4n) is 3.51. The number of nitrogens with one attached hydrogen (secondary N) is 2. The Morgan fingerprint density at radius 2 is 1.90 bits per heavy atom. The van der Waals surface area contributed by atoms with Gasteiger partial charge in [0.15, 0.2) is 16.6 Å². The van der Waals surface area contributed by atoms with Gasteiger partial charge in [-0.2, -0.15) is 18.3 Å². The lowest BCUT2D eigenvalue weighted by molar-refractivity contribution is -0.137. The first-order chi connectivity index (χ1) is 19.6. The van der Waals surface area contributed by atoms with E-state index in [9.17, 15) is 18.0 Å². The number of alkyl halides is 3. The van der Waals surface area contributed by atoms with E-state index >= 15 is 0 Å². The van der Waals surface area contributed by atoms with Gasteiger partial charge in [-0.15, -0.1) is 11.3 Å². The van der Waals surface area contributed by atoms with Crippen molar-refractivity contribution in [1.82, 2.24) is 10.4 Å². The maximum Gasteiger partial charge on any atom is 0.416 e. The Labute approximate surface area is 247 Å². The predicted molar refractivity (Wildman–Crippen MR) is 155 cm³/mol. The van der Waals surface area contributed by atoms with Gasteiger partial charge >= 0.3 is 6.18 Å². The van der Waals surface area contributed by atoms with Crippen LogP contribution in [0.3, 0.4) is 0 Å². The molecule has 0 saturated heterocycles. The minimum absolute atomic E-state index is 0.0671. The standard InChI is InChI=1S/C28H23Cl2F3N4O3S/c1-2-39-25-10-17(6-9-24(25)40-15-18-7-8-20(29)12-23(18)30)14-34-37-26(38)13-22-16-41-27(36-22)35-21-5-3-4-19(11-21)28(31,32)33/h3-12,14,16H,2,13,15H2,1H3,(H,35,36)(H,37,38)/b34-14-. The lowest BCUT2D eigenvalue weighted by Crippen LogP contribution is -2.19. The number of benzene rings is 3. The third-order valence-corrected chi connectivity index (χ3v) is 6.80. The molecule has 0 spiro atoms. The van der Waals surface area contributed by atoms with Crippen molar-refractivity contribution in [2.75, 3.05) is 11.9 Å². The molecule has 0 aliphatic carbocycles. The molecule has 0 unspecified atom stereocenters. The Morgan fingerprint density at radius 1 is 1.07 bits per heavy atom. The zero-order valence-corrected chi connectivity index (χ0v) is 23.8. The lowest BCUT2D eigenvalue weighted by Gasteiger charge is -2.13. The molecule has 2 N–H and O–H groups in total. The van der Waals surface area contributed by atoms with E-state index in [0.717, 1.165) is 17.7 Å². The van der Waals surface area contributed by atoms with Crippen LogP contribution in [0.2, 0.25) is 10.0 Å². The Kier molecular flexibility index (Phi) is 10.1.